The number of hydrogen-bond acceptors (Lipinski definition) is 5. The van der Waals surface area contributed by atoms with E-state index < -0.39 is 50.0 Å². The van der Waals surface area contributed by atoms with Gasteiger partial charge in [0, 0.05) is 12.1 Å². The van der Waals surface area contributed by atoms with Crippen LogP contribution in [0.1, 0.15) is 18.4 Å². The summed E-state index contributed by atoms with van der Waals surface area (Å²) in [5.41, 5.74) is -1.26. The van der Waals surface area contributed by atoms with E-state index in [0.717, 1.165) is 0 Å². The molecular formula is C14H16F2N2O5S. The Balaban J connectivity index is 1.92. The van der Waals surface area contributed by atoms with E-state index in [9.17, 15) is 32.1 Å². The second-order valence-electron chi connectivity index (χ2n) is 5.72. The molecule has 0 aromatic heterocycles. The van der Waals surface area contributed by atoms with E-state index in [-0.39, 0.29) is 24.0 Å². The lowest BCUT2D eigenvalue weighted by Crippen LogP contribution is -2.35. The van der Waals surface area contributed by atoms with Gasteiger partial charge in [-0.1, -0.05) is 0 Å². The van der Waals surface area contributed by atoms with E-state index >= 15 is 0 Å². The first-order chi connectivity index (χ1) is 11.2. The molecule has 1 aromatic rings. The standard InChI is InChI=1S/C14H16F2N2O5S/c15-12-5-10(18(20)21)6-13(16)11(12)7-14(19)17-8-9-1-3-24(22,23)4-2-9/h5-6,9H,1-4,7-8H2,(H,17,19). The van der Waals surface area contributed by atoms with E-state index in [1.807, 2.05) is 0 Å². The van der Waals surface area contributed by atoms with Gasteiger partial charge in [0.25, 0.3) is 5.69 Å². The van der Waals surface area contributed by atoms with Crippen molar-refractivity contribution in [1.82, 2.24) is 5.32 Å². The van der Waals surface area contributed by atoms with Gasteiger partial charge in [0.1, 0.15) is 21.5 Å². The number of nitro groups is 1. The van der Waals surface area contributed by atoms with Crippen LogP contribution >= 0.6 is 0 Å². The average Bonchev–Trinajstić information content (AvgIpc) is 2.49. The number of nitrogens with one attached hydrogen (secondary N) is 1. The third-order valence-corrected chi connectivity index (χ3v) is 5.65. The van der Waals surface area contributed by atoms with Gasteiger partial charge in [-0.05, 0) is 18.8 Å². The Kier molecular flexibility index (Phi) is 5.47. The number of benzene rings is 1. The summed E-state index contributed by atoms with van der Waals surface area (Å²) >= 11 is 0. The molecule has 0 saturated carbocycles. The molecule has 24 heavy (non-hydrogen) atoms. The van der Waals surface area contributed by atoms with Crippen LogP contribution in [0.2, 0.25) is 0 Å². The number of hydrogen-bond donors (Lipinski definition) is 1. The van der Waals surface area contributed by atoms with Crippen molar-refractivity contribution in [3.05, 3.63) is 39.4 Å². The molecule has 1 saturated heterocycles. The summed E-state index contributed by atoms with van der Waals surface area (Å²) in [4.78, 5) is 21.4. The third-order valence-electron chi connectivity index (χ3n) is 3.94. The molecule has 1 N–H and O–H groups in total. The summed E-state index contributed by atoms with van der Waals surface area (Å²) in [6.45, 7) is 0.227. The van der Waals surface area contributed by atoms with Crippen LogP contribution in [-0.4, -0.2) is 37.3 Å². The first-order valence-corrected chi connectivity index (χ1v) is 9.09. The molecule has 1 aromatic carbocycles. The van der Waals surface area contributed by atoms with Crippen LogP contribution < -0.4 is 5.32 Å². The highest BCUT2D eigenvalue weighted by Gasteiger charge is 2.24. The van der Waals surface area contributed by atoms with Gasteiger partial charge in [-0.15, -0.1) is 0 Å². The van der Waals surface area contributed by atoms with Crippen molar-refractivity contribution in [2.75, 3.05) is 18.1 Å². The van der Waals surface area contributed by atoms with Gasteiger partial charge in [-0.25, -0.2) is 17.2 Å². The quantitative estimate of drug-likeness (QED) is 0.629. The summed E-state index contributed by atoms with van der Waals surface area (Å²) in [5, 5.41) is 13.0. The largest absolute Gasteiger partial charge is 0.356 e. The van der Waals surface area contributed by atoms with E-state index in [0.29, 0.717) is 25.0 Å². The highest BCUT2D eigenvalue weighted by Crippen LogP contribution is 2.21. The molecule has 1 heterocycles. The SMILES string of the molecule is O=C(Cc1c(F)cc([N+](=O)[O-])cc1F)NCC1CCS(=O)(=O)CC1. The van der Waals surface area contributed by atoms with E-state index in [1.54, 1.807) is 0 Å². The van der Waals surface area contributed by atoms with Crippen LogP contribution in [0.25, 0.3) is 0 Å². The smallest absolute Gasteiger partial charge is 0.275 e. The molecule has 10 heteroatoms. The predicted octanol–water partition coefficient (Wildman–Crippen LogP) is 1.36. The zero-order valence-electron chi connectivity index (χ0n) is 12.6. The van der Waals surface area contributed by atoms with Crippen molar-refractivity contribution in [2.45, 2.75) is 19.3 Å². The average molecular weight is 362 g/mol. The Morgan fingerprint density at radius 2 is 1.79 bits per heavy atom. The zero-order chi connectivity index (χ0) is 17.9. The molecule has 132 valence electrons. The molecule has 0 aliphatic carbocycles. The Morgan fingerprint density at radius 3 is 2.29 bits per heavy atom. The predicted molar refractivity (Wildman–Crippen MR) is 81.1 cm³/mol. The lowest BCUT2D eigenvalue weighted by atomic mass is 10.0. The molecule has 0 unspecified atom stereocenters. The Labute approximate surface area is 137 Å². The number of non-ortho nitro benzene ring substituents is 1. The topological polar surface area (TPSA) is 106 Å². The van der Waals surface area contributed by atoms with Crippen molar-refractivity contribution in [3.63, 3.8) is 0 Å². The zero-order valence-corrected chi connectivity index (χ0v) is 13.4. The van der Waals surface area contributed by atoms with Crippen molar-refractivity contribution in [2.24, 2.45) is 5.92 Å². The fraction of sp³-hybridized carbons (Fsp3) is 0.500. The van der Waals surface area contributed by atoms with Crippen molar-refractivity contribution in [3.8, 4) is 0 Å². The fourth-order valence-corrected chi connectivity index (χ4v) is 4.08. The summed E-state index contributed by atoms with van der Waals surface area (Å²) in [5.74, 6) is -2.79. The first kappa shape index (κ1) is 18.2. The second-order valence-corrected chi connectivity index (χ2v) is 8.02. The van der Waals surface area contributed by atoms with Crippen molar-refractivity contribution < 1.29 is 26.9 Å². The molecule has 7 nitrogen and oxygen atoms in total. The molecule has 0 atom stereocenters. The van der Waals surface area contributed by atoms with Gasteiger partial charge in [0.05, 0.1) is 35.0 Å². The van der Waals surface area contributed by atoms with Crippen molar-refractivity contribution >= 4 is 21.4 Å². The minimum atomic E-state index is -2.99. The highest BCUT2D eigenvalue weighted by atomic mass is 32.2. The molecule has 0 spiro atoms. The van der Waals surface area contributed by atoms with Gasteiger partial charge < -0.3 is 5.32 Å². The monoisotopic (exact) mass is 362 g/mol. The first-order valence-electron chi connectivity index (χ1n) is 7.27. The number of amides is 1. The lowest BCUT2D eigenvalue weighted by molar-refractivity contribution is -0.385. The summed E-state index contributed by atoms with van der Waals surface area (Å²) < 4.78 is 50.1. The number of sulfone groups is 1. The minimum absolute atomic E-state index is 0.00373. The van der Waals surface area contributed by atoms with Gasteiger partial charge in [-0.3, -0.25) is 14.9 Å². The maximum atomic E-state index is 13.7. The maximum absolute atomic E-state index is 13.7. The number of nitro benzene ring substituents is 1. The van der Waals surface area contributed by atoms with Crippen LogP contribution in [-0.2, 0) is 21.1 Å². The Morgan fingerprint density at radius 1 is 1.25 bits per heavy atom. The molecule has 1 aliphatic heterocycles. The van der Waals surface area contributed by atoms with Crippen LogP contribution in [0.3, 0.4) is 0 Å². The third kappa shape index (κ3) is 4.70. The molecule has 0 radical (unpaired) electrons. The Bertz CT molecular complexity index is 729. The highest BCUT2D eigenvalue weighted by molar-refractivity contribution is 7.91. The van der Waals surface area contributed by atoms with Crippen molar-refractivity contribution in [1.29, 1.82) is 0 Å². The van der Waals surface area contributed by atoms with Gasteiger partial charge in [0.15, 0.2) is 0 Å². The summed E-state index contributed by atoms with van der Waals surface area (Å²) in [6, 6.07) is 1.13. The summed E-state index contributed by atoms with van der Waals surface area (Å²) in [6.07, 6.45) is 0.284. The normalized spacial score (nSPS) is 17.4. The molecule has 1 fully saturated rings. The van der Waals surface area contributed by atoms with Crippen LogP contribution in [0.4, 0.5) is 14.5 Å². The minimum Gasteiger partial charge on any atom is -0.356 e. The van der Waals surface area contributed by atoms with E-state index in [1.165, 1.54) is 0 Å². The second kappa shape index (κ2) is 7.20. The maximum Gasteiger partial charge on any atom is 0.275 e. The number of carbonyl (C=O) groups is 1. The van der Waals surface area contributed by atoms with E-state index in [4.69, 9.17) is 0 Å². The van der Waals surface area contributed by atoms with E-state index in [2.05, 4.69) is 5.32 Å². The summed E-state index contributed by atoms with van der Waals surface area (Å²) in [7, 11) is -2.99. The molecule has 1 amide bonds. The number of halogens is 2. The van der Waals surface area contributed by atoms with Gasteiger partial charge in [-0.2, -0.15) is 0 Å². The van der Waals surface area contributed by atoms with Gasteiger partial charge >= 0.3 is 0 Å². The Hall–Kier alpha value is -2.10. The fourth-order valence-electron chi connectivity index (χ4n) is 2.49. The molecular weight excluding hydrogens is 346 g/mol. The molecule has 0 bridgehead atoms. The van der Waals surface area contributed by atoms with Crippen LogP contribution in [0, 0.1) is 27.7 Å². The van der Waals surface area contributed by atoms with Crippen LogP contribution in [0.5, 0.6) is 0 Å². The number of carbonyl (C=O) groups excluding carboxylic acids is 1. The van der Waals surface area contributed by atoms with Crippen LogP contribution in [0.15, 0.2) is 12.1 Å². The number of nitrogens with zero attached hydrogens (tertiary/aromatic N) is 1. The molecule has 2 rings (SSSR count). The van der Waals surface area contributed by atoms with Gasteiger partial charge in [0.2, 0.25) is 5.91 Å². The molecule has 1 aliphatic rings. The lowest BCUT2D eigenvalue weighted by Gasteiger charge is -2.22. The number of rotatable bonds is 5.